The lowest BCUT2D eigenvalue weighted by atomic mass is 10.3. The SMILES string of the molecule is CCN(C(C)CN(C)C)S(=O)(=O)c1ccc(C(=O)O)s1. The summed E-state index contributed by atoms with van der Waals surface area (Å²) in [4.78, 5) is 12.8. The molecule has 1 unspecified atom stereocenters. The van der Waals surface area contributed by atoms with E-state index in [0.29, 0.717) is 13.1 Å². The van der Waals surface area contributed by atoms with Crippen LogP contribution in [0.5, 0.6) is 0 Å². The van der Waals surface area contributed by atoms with E-state index >= 15 is 0 Å². The monoisotopic (exact) mass is 320 g/mol. The molecule has 0 fully saturated rings. The largest absolute Gasteiger partial charge is 0.477 e. The third-order valence-electron chi connectivity index (χ3n) is 2.79. The first kappa shape index (κ1) is 17.1. The summed E-state index contributed by atoms with van der Waals surface area (Å²) in [5.74, 6) is -1.11. The third-order valence-corrected chi connectivity index (χ3v) is 6.42. The summed E-state index contributed by atoms with van der Waals surface area (Å²) < 4.78 is 26.6. The second kappa shape index (κ2) is 6.66. The van der Waals surface area contributed by atoms with Crippen LogP contribution in [0.25, 0.3) is 0 Å². The topological polar surface area (TPSA) is 77.9 Å². The van der Waals surface area contributed by atoms with Crippen LogP contribution in [0.4, 0.5) is 0 Å². The number of rotatable bonds is 7. The fraction of sp³-hybridized carbons (Fsp3) is 0.583. The standard InChI is InChI=1S/C12H20N2O4S2/c1-5-14(9(2)8-13(3)4)20(17,18)11-7-6-10(19-11)12(15)16/h6-7,9H,5,8H2,1-4H3,(H,15,16). The number of hydrogen-bond acceptors (Lipinski definition) is 5. The molecule has 0 saturated carbocycles. The highest BCUT2D eigenvalue weighted by atomic mass is 32.2. The van der Waals surface area contributed by atoms with Gasteiger partial charge in [-0.1, -0.05) is 6.92 Å². The van der Waals surface area contributed by atoms with Crippen LogP contribution in [-0.4, -0.2) is 61.9 Å². The van der Waals surface area contributed by atoms with Gasteiger partial charge in [-0.2, -0.15) is 4.31 Å². The van der Waals surface area contributed by atoms with Gasteiger partial charge in [0.1, 0.15) is 9.09 Å². The van der Waals surface area contributed by atoms with Crippen LogP contribution in [0.15, 0.2) is 16.3 Å². The summed E-state index contributed by atoms with van der Waals surface area (Å²) in [5, 5.41) is 8.88. The molecule has 1 atom stereocenters. The first-order valence-electron chi connectivity index (χ1n) is 6.19. The molecule has 0 saturated heterocycles. The second-order valence-electron chi connectivity index (χ2n) is 4.74. The highest BCUT2D eigenvalue weighted by molar-refractivity contribution is 7.91. The van der Waals surface area contributed by atoms with Crippen LogP contribution in [0.2, 0.25) is 0 Å². The summed E-state index contributed by atoms with van der Waals surface area (Å²) >= 11 is 0.785. The molecule has 1 N–H and O–H groups in total. The van der Waals surface area contributed by atoms with Crippen molar-refractivity contribution in [3.8, 4) is 0 Å². The molecule has 0 aliphatic heterocycles. The molecular weight excluding hydrogens is 300 g/mol. The minimum absolute atomic E-state index is 0.0277. The van der Waals surface area contributed by atoms with E-state index in [-0.39, 0.29) is 15.1 Å². The van der Waals surface area contributed by atoms with Crippen molar-refractivity contribution in [3.05, 3.63) is 17.0 Å². The first-order valence-corrected chi connectivity index (χ1v) is 8.45. The Bertz CT molecular complexity index is 566. The zero-order chi connectivity index (χ0) is 15.5. The number of hydrogen-bond donors (Lipinski definition) is 1. The maximum absolute atomic E-state index is 12.5. The van der Waals surface area contributed by atoms with E-state index in [2.05, 4.69) is 0 Å². The molecule has 1 aromatic rings. The van der Waals surface area contributed by atoms with Crippen LogP contribution in [0.1, 0.15) is 23.5 Å². The number of aromatic carboxylic acids is 1. The van der Waals surface area contributed by atoms with Crippen LogP contribution in [0, 0.1) is 0 Å². The number of thiophene rings is 1. The highest BCUT2D eigenvalue weighted by Gasteiger charge is 2.29. The van der Waals surface area contributed by atoms with Gasteiger partial charge in [0.25, 0.3) is 10.0 Å². The van der Waals surface area contributed by atoms with Crippen LogP contribution < -0.4 is 0 Å². The van der Waals surface area contributed by atoms with Crippen molar-refractivity contribution < 1.29 is 18.3 Å². The van der Waals surface area contributed by atoms with E-state index in [4.69, 9.17) is 5.11 Å². The maximum atomic E-state index is 12.5. The first-order chi connectivity index (χ1) is 9.20. The van der Waals surface area contributed by atoms with Crippen molar-refractivity contribution in [2.75, 3.05) is 27.2 Å². The molecule has 0 amide bonds. The molecule has 0 spiro atoms. The molecule has 0 aromatic carbocycles. The summed E-state index contributed by atoms with van der Waals surface area (Å²) in [6.45, 7) is 4.56. The maximum Gasteiger partial charge on any atom is 0.345 e. The van der Waals surface area contributed by atoms with Crippen molar-refractivity contribution in [2.45, 2.75) is 24.1 Å². The van der Waals surface area contributed by atoms with Crippen molar-refractivity contribution in [3.63, 3.8) is 0 Å². The Kier molecular flexibility index (Phi) is 5.69. The number of nitrogens with zero attached hydrogens (tertiary/aromatic N) is 2. The van der Waals surface area contributed by atoms with Crippen LogP contribution in [-0.2, 0) is 10.0 Å². The average Bonchev–Trinajstić information content (AvgIpc) is 2.77. The highest BCUT2D eigenvalue weighted by Crippen LogP contribution is 2.26. The van der Waals surface area contributed by atoms with Gasteiger partial charge in [0, 0.05) is 19.1 Å². The van der Waals surface area contributed by atoms with Gasteiger partial charge in [0.2, 0.25) is 0 Å². The molecule has 114 valence electrons. The van der Waals surface area contributed by atoms with Gasteiger partial charge < -0.3 is 10.0 Å². The van der Waals surface area contributed by atoms with Crippen LogP contribution >= 0.6 is 11.3 Å². The Morgan fingerprint density at radius 1 is 1.40 bits per heavy atom. The van der Waals surface area contributed by atoms with Gasteiger partial charge in [0.15, 0.2) is 0 Å². The Morgan fingerprint density at radius 3 is 2.40 bits per heavy atom. The molecule has 1 rings (SSSR count). The van der Waals surface area contributed by atoms with E-state index in [1.54, 1.807) is 6.92 Å². The van der Waals surface area contributed by atoms with E-state index < -0.39 is 16.0 Å². The summed E-state index contributed by atoms with van der Waals surface area (Å²) in [7, 11) is 0.112. The van der Waals surface area contributed by atoms with Gasteiger partial charge in [-0.05, 0) is 33.2 Å². The normalized spacial score (nSPS) is 13.9. The molecule has 6 nitrogen and oxygen atoms in total. The smallest absolute Gasteiger partial charge is 0.345 e. The van der Waals surface area contributed by atoms with E-state index in [1.807, 2.05) is 25.9 Å². The van der Waals surface area contributed by atoms with Crippen molar-refractivity contribution in [1.82, 2.24) is 9.21 Å². The lowest BCUT2D eigenvalue weighted by Gasteiger charge is -2.28. The molecular formula is C12H20N2O4S2. The fourth-order valence-corrected chi connectivity index (χ4v) is 4.93. The zero-order valence-electron chi connectivity index (χ0n) is 12.0. The molecule has 0 aliphatic carbocycles. The minimum atomic E-state index is -3.65. The van der Waals surface area contributed by atoms with Gasteiger partial charge in [-0.3, -0.25) is 0 Å². The number of sulfonamides is 1. The Morgan fingerprint density at radius 2 is 2.00 bits per heavy atom. The molecule has 1 aromatic heterocycles. The van der Waals surface area contributed by atoms with E-state index in [1.165, 1.54) is 16.4 Å². The predicted molar refractivity (Wildman–Crippen MR) is 78.9 cm³/mol. The van der Waals surface area contributed by atoms with Crippen molar-refractivity contribution >= 4 is 27.3 Å². The number of carboxylic acids is 1. The molecule has 1 heterocycles. The summed E-state index contributed by atoms with van der Waals surface area (Å²) in [5.41, 5.74) is 0. The van der Waals surface area contributed by atoms with Gasteiger partial charge >= 0.3 is 5.97 Å². The van der Waals surface area contributed by atoms with Gasteiger partial charge in [-0.15, -0.1) is 11.3 Å². The number of carboxylic acid groups (broad SMARTS) is 1. The van der Waals surface area contributed by atoms with Crippen molar-refractivity contribution in [1.29, 1.82) is 0 Å². The lowest BCUT2D eigenvalue weighted by Crippen LogP contribution is -2.43. The molecule has 8 heteroatoms. The molecule has 0 radical (unpaired) electrons. The predicted octanol–water partition coefficient (Wildman–Crippen LogP) is 1.41. The zero-order valence-corrected chi connectivity index (χ0v) is 13.7. The summed E-state index contributed by atoms with van der Waals surface area (Å²) in [6, 6.07) is 2.49. The Balaban J connectivity index is 3.08. The van der Waals surface area contributed by atoms with Crippen molar-refractivity contribution in [2.24, 2.45) is 0 Å². The quantitative estimate of drug-likeness (QED) is 0.822. The molecule has 0 aliphatic rings. The minimum Gasteiger partial charge on any atom is -0.477 e. The number of likely N-dealkylation sites (N-methyl/N-ethyl adjacent to an activating group) is 2. The molecule has 20 heavy (non-hydrogen) atoms. The fourth-order valence-electron chi connectivity index (χ4n) is 2.03. The average molecular weight is 320 g/mol. The lowest BCUT2D eigenvalue weighted by molar-refractivity contribution is 0.0702. The molecule has 0 bridgehead atoms. The van der Waals surface area contributed by atoms with Crippen LogP contribution in [0.3, 0.4) is 0 Å². The van der Waals surface area contributed by atoms with Gasteiger partial charge in [-0.25, -0.2) is 13.2 Å². The third kappa shape index (κ3) is 3.78. The Hall–Kier alpha value is -0.960. The van der Waals surface area contributed by atoms with E-state index in [0.717, 1.165) is 11.3 Å². The second-order valence-corrected chi connectivity index (χ2v) is 7.94. The summed E-state index contributed by atoms with van der Waals surface area (Å²) in [6.07, 6.45) is 0. The Labute approximate surface area is 123 Å². The van der Waals surface area contributed by atoms with E-state index in [9.17, 15) is 13.2 Å². The van der Waals surface area contributed by atoms with Gasteiger partial charge in [0.05, 0.1) is 0 Å². The number of carbonyl (C=O) groups is 1.